The van der Waals surface area contributed by atoms with E-state index in [9.17, 15) is 0 Å². The van der Waals surface area contributed by atoms with Gasteiger partial charge in [0.1, 0.15) is 0 Å². The highest BCUT2D eigenvalue weighted by atomic mass is 16.4. The summed E-state index contributed by atoms with van der Waals surface area (Å²) in [5.74, 6) is 1.56. The SMILES string of the molecule is Cc1ccc(-c2cnc(CNC(C)(C)C)o2)c(C)c1. The standard InChI is InChI=1S/C16H22N2O/c1-11-6-7-13(12(2)8-11)14-9-17-15(19-14)10-18-16(3,4)5/h6-9,18H,10H2,1-5H3. The fourth-order valence-electron chi connectivity index (χ4n) is 1.95. The van der Waals surface area contributed by atoms with Gasteiger partial charge in [0.2, 0.25) is 5.89 Å². The largest absolute Gasteiger partial charge is 0.439 e. The number of hydrogen-bond donors (Lipinski definition) is 1. The Morgan fingerprint density at radius 1 is 1.21 bits per heavy atom. The maximum Gasteiger partial charge on any atom is 0.208 e. The third kappa shape index (κ3) is 3.67. The number of hydrogen-bond acceptors (Lipinski definition) is 3. The molecule has 3 nitrogen and oxygen atoms in total. The molecule has 102 valence electrons. The van der Waals surface area contributed by atoms with Crippen molar-refractivity contribution in [1.82, 2.24) is 10.3 Å². The Kier molecular flexibility index (Phi) is 3.76. The molecule has 2 rings (SSSR count). The molecule has 0 unspecified atom stereocenters. The highest BCUT2D eigenvalue weighted by Crippen LogP contribution is 2.25. The summed E-state index contributed by atoms with van der Waals surface area (Å²) in [4.78, 5) is 4.33. The quantitative estimate of drug-likeness (QED) is 0.908. The van der Waals surface area contributed by atoms with E-state index in [-0.39, 0.29) is 5.54 Å². The molecule has 0 radical (unpaired) electrons. The molecule has 0 spiro atoms. The summed E-state index contributed by atoms with van der Waals surface area (Å²) >= 11 is 0. The molecule has 0 bridgehead atoms. The average molecular weight is 258 g/mol. The van der Waals surface area contributed by atoms with E-state index >= 15 is 0 Å². The first-order chi connectivity index (χ1) is 8.85. The van der Waals surface area contributed by atoms with E-state index in [1.165, 1.54) is 11.1 Å². The molecule has 0 aliphatic rings. The second-order valence-corrected chi connectivity index (χ2v) is 6.04. The van der Waals surface area contributed by atoms with Crippen LogP contribution in [0.3, 0.4) is 0 Å². The molecular formula is C16H22N2O. The third-order valence-electron chi connectivity index (χ3n) is 2.97. The molecule has 3 heteroatoms. The molecule has 0 aliphatic heterocycles. The van der Waals surface area contributed by atoms with Gasteiger partial charge < -0.3 is 9.73 Å². The van der Waals surface area contributed by atoms with Crippen LogP contribution in [0.2, 0.25) is 0 Å². The van der Waals surface area contributed by atoms with Gasteiger partial charge in [-0.15, -0.1) is 0 Å². The summed E-state index contributed by atoms with van der Waals surface area (Å²) in [6.45, 7) is 11.2. The number of aromatic nitrogens is 1. The molecular weight excluding hydrogens is 236 g/mol. The topological polar surface area (TPSA) is 38.1 Å². The van der Waals surface area contributed by atoms with E-state index in [0.717, 1.165) is 17.2 Å². The zero-order valence-corrected chi connectivity index (χ0v) is 12.4. The lowest BCUT2D eigenvalue weighted by Crippen LogP contribution is -2.35. The number of nitrogens with zero attached hydrogens (tertiary/aromatic N) is 1. The highest BCUT2D eigenvalue weighted by molar-refractivity contribution is 5.61. The Labute approximate surface area is 115 Å². The first-order valence-corrected chi connectivity index (χ1v) is 6.62. The monoisotopic (exact) mass is 258 g/mol. The first kappa shape index (κ1) is 13.8. The molecule has 0 saturated heterocycles. The van der Waals surface area contributed by atoms with Crippen LogP contribution in [0, 0.1) is 13.8 Å². The summed E-state index contributed by atoms with van der Waals surface area (Å²) in [6, 6.07) is 6.34. The normalized spacial score (nSPS) is 11.8. The van der Waals surface area contributed by atoms with Gasteiger partial charge in [0.15, 0.2) is 5.76 Å². The Morgan fingerprint density at radius 2 is 1.95 bits per heavy atom. The minimum Gasteiger partial charge on any atom is -0.439 e. The van der Waals surface area contributed by atoms with Crippen LogP contribution in [0.4, 0.5) is 0 Å². The van der Waals surface area contributed by atoms with Crippen molar-refractivity contribution in [2.24, 2.45) is 0 Å². The van der Waals surface area contributed by atoms with E-state index < -0.39 is 0 Å². The van der Waals surface area contributed by atoms with Crippen LogP contribution in [-0.2, 0) is 6.54 Å². The lowest BCUT2D eigenvalue weighted by molar-refractivity contribution is 0.383. The molecule has 19 heavy (non-hydrogen) atoms. The van der Waals surface area contributed by atoms with E-state index in [1.807, 2.05) is 0 Å². The molecule has 2 aromatic rings. The summed E-state index contributed by atoms with van der Waals surface area (Å²) in [7, 11) is 0. The fourth-order valence-corrected chi connectivity index (χ4v) is 1.95. The molecule has 1 heterocycles. The Morgan fingerprint density at radius 3 is 2.58 bits per heavy atom. The number of rotatable bonds is 3. The van der Waals surface area contributed by atoms with E-state index in [4.69, 9.17) is 4.42 Å². The predicted molar refractivity (Wildman–Crippen MR) is 78.0 cm³/mol. The van der Waals surface area contributed by atoms with Crippen molar-refractivity contribution in [3.63, 3.8) is 0 Å². The zero-order chi connectivity index (χ0) is 14.0. The molecule has 1 N–H and O–H groups in total. The second kappa shape index (κ2) is 5.17. The van der Waals surface area contributed by atoms with Crippen molar-refractivity contribution in [2.45, 2.75) is 46.7 Å². The Balaban J connectivity index is 2.16. The van der Waals surface area contributed by atoms with Gasteiger partial charge >= 0.3 is 0 Å². The minimum absolute atomic E-state index is 0.0639. The Hall–Kier alpha value is -1.61. The van der Waals surface area contributed by atoms with Gasteiger partial charge in [0.05, 0.1) is 12.7 Å². The Bertz CT molecular complexity index is 564. The number of nitrogens with one attached hydrogen (secondary N) is 1. The van der Waals surface area contributed by atoms with Gasteiger partial charge in [-0.1, -0.05) is 23.8 Å². The van der Waals surface area contributed by atoms with Crippen molar-refractivity contribution in [2.75, 3.05) is 0 Å². The average Bonchev–Trinajstić information content (AvgIpc) is 2.74. The summed E-state index contributed by atoms with van der Waals surface area (Å²) in [6.07, 6.45) is 1.80. The smallest absolute Gasteiger partial charge is 0.208 e. The molecule has 0 amide bonds. The van der Waals surface area contributed by atoms with Crippen molar-refractivity contribution in [1.29, 1.82) is 0 Å². The maximum absolute atomic E-state index is 5.81. The van der Waals surface area contributed by atoms with Gasteiger partial charge in [0.25, 0.3) is 0 Å². The molecule has 0 saturated carbocycles. The van der Waals surface area contributed by atoms with Gasteiger partial charge in [-0.3, -0.25) is 0 Å². The first-order valence-electron chi connectivity index (χ1n) is 6.62. The highest BCUT2D eigenvalue weighted by Gasteiger charge is 2.12. The van der Waals surface area contributed by atoms with E-state index in [1.54, 1.807) is 6.20 Å². The van der Waals surface area contributed by atoms with Crippen LogP contribution in [0.1, 0.15) is 37.8 Å². The molecule has 1 aromatic heterocycles. The predicted octanol–water partition coefficient (Wildman–Crippen LogP) is 3.85. The van der Waals surface area contributed by atoms with Crippen LogP contribution < -0.4 is 5.32 Å². The lowest BCUT2D eigenvalue weighted by atomic mass is 10.0. The van der Waals surface area contributed by atoms with Gasteiger partial charge in [-0.05, 0) is 40.2 Å². The zero-order valence-electron chi connectivity index (χ0n) is 12.4. The van der Waals surface area contributed by atoms with Gasteiger partial charge in [-0.25, -0.2) is 4.98 Å². The summed E-state index contributed by atoms with van der Waals surface area (Å²) in [5, 5.41) is 3.37. The van der Waals surface area contributed by atoms with Crippen LogP contribution in [0.15, 0.2) is 28.8 Å². The van der Waals surface area contributed by atoms with Crippen LogP contribution in [-0.4, -0.2) is 10.5 Å². The van der Waals surface area contributed by atoms with Crippen LogP contribution in [0.25, 0.3) is 11.3 Å². The van der Waals surface area contributed by atoms with Crippen molar-refractivity contribution >= 4 is 0 Å². The minimum atomic E-state index is 0.0639. The van der Waals surface area contributed by atoms with Crippen LogP contribution >= 0.6 is 0 Å². The van der Waals surface area contributed by atoms with E-state index in [0.29, 0.717) is 6.54 Å². The van der Waals surface area contributed by atoms with Gasteiger partial charge in [0, 0.05) is 11.1 Å². The van der Waals surface area contributed by atoms with E-state index in [2.05, 4.69) is 63.1 Å². The summed E-state index contributed by atoms with van der Waals surface area (Å²) < 4.78 is 5.81. The number of oxazole rings is 1. The molecule has 0 fully saturated rings. The maximum atomic E-state index is 5.81. The van der Waals surface area contributed by atoms with Gasteiger partial charge in [-0.2, -0.15) is 0 Å². The molecule has 0 atom stereocenters. The number of benzene rings is 1. The van der Waals surface area contributed by atoms with Crippen LogP contribution in [0.5, 0.6) is 0 Å². The van der Waals surface area contributed by atoms with Crippen molar-refractivity contribution in [3.8, 4) is 11.3 Å². The van der Waals surface area contributed by atoms with Crippen molar-refractivity contribution < 1.29 is 4.42 Å². The summed E-state index contributed by atoms with van der Waals surface area (Å²) in [5.41, 5.74) is 3.65. The molecule has 0 aliphatic carbocycles. The number of aryl methyl sites for hydroxylation is 2. The molecule has 1 aromatic carbocycles. The van der Waals surface area contributed by atoms with Crippen molar-refractivity contribution in [3.05, 3.63) is 41.4 Å². The second-order valence-electron chi connectivity index (χ2n) is 6.04. The lowest BCUT2D eigenvalue weighted by Gasteiger charge is -2.18. The fraction of sp³-hybridized carbons (Fsp3) is 0.438. The third-order valence-corrected chi connectivity index (χ3v) is 2.97.